The van der Waals surface area contributed by atoms with Gasteiger partial charge in [-0.2, -0.15) is 0 Å². The van der Waals surface area contributed by atoms with Gasteiger partial charge in [0, 0.05) is 13.2 Å². The maximum Gasteiger partial charge on any atom is 0.155 e. The maximum atomic E-state index is 10.1. The fourth-order valence-corrected chi connectivity index (χ4v) is 1.86. The Balaban J connectivity index is 2.59. The molecule has 0 spiro atoms. The molecule has 0 radical (unpaired) electrons. The summed E-state index contributed by atoms with van der Waals surface area (Å²) in [6, 6.07) is 9.72. The fourth-order valence-electron chi connectivity index (χ4n) is 1.86. The molecule has 2 N–H and O–H groups in total. The van der Waals surface area contributed by atoms with E-state index in [9.17, 15) is 5.11 Å². The van der Waals surface area contributed by atoms with Gasteiger partial charge in [-0.05, 0) is 25.8 Å². The number of hydrogen-bond acceptors (Lipinski definition) is 4. The second-order valence-electron chi connectivity index (χ2n) is 4.47. The molecule has 0 saturated carbocycles. The van der Waals surface area contributed by atoms with E-state index in [1.54, 1.807) is 13.0 Å². The molecule has 0 aliphatic heterocycles. The van der Waals surface area contributed by atoms with E-state index in [-0.39, 0.29) is 6.61 Å². The van der Waals surface area contributed by atoms with Crippen LogP contribution in [0, 0.1) is 0 Å². The molecule has 1 aromatic carbocycles. The number of benzene rings is 1. The monoisotopic (exact) mass is 280 g/mol. The summed E-state index contributed by atoms with van der Waals surface area (Å²) in [6.45, 7) is 4.16. The molecule has 1 rings (SSSR count). The highest BCUT2D eigenvalue weighted by Gasteiger charge is 2.19. The van der Waals surface area contributed by atoms with Gasteiger partial charge in [-0.1, -0.05) is 42.5 Å². The van der Waals surface area contributed by atoms with Crippen LogP contribution in [-0.2, 0) is 9.47 Å². The summed E-state index contributed by atoms with van der Waals surface area (Å²) in [5, 5.41) is 19.2. The molecule has 0 aliphatic carbocycles. The SMILES string of the molecule is CCOC(C)O[C@@H](CCO)C(O)/C=C/c1ccccc1. The quantitative estimate of drug-likeness (QED) is 0.681. The average Bonchev–Trinajstić information content (AvgIpc) is 2.45. The van der Waals surface area contributed by atoms with Gasteiger partial charge in [0.2, 0.25) is 0 Å². The molecule has 4 heteroatoms. The molecule has 0 saturated heterocycles. The van der Waals surface area contributed by atoms with Crippen molar-refractivity contribution in [2.45, 2.75) is 38.8 Å². The van der Waals surface area contributed by atoms with Crippen LogP contribution in [0.5, 0.6) is 0 Å². The molecule has 112 valence electrons. The summed E-state index contributed by atoms with van der Waals surface area (Å²) in [5.74, 6) is 0. The van der Waals surface area contributed by atoms with Crippen LogP contribution in [0.4, 0.5) is 0 Å². The fraction of sp³-hybridized carbons (Fsp3) is 0.500. The van der Waals surface area contributed by atoms with E-state index in [0.29, 0.717) is 13.0 Å². The molecule has 0 amide bonds. The highest BCUT2D eigenvalue weighted by molar-refractivity contribution is 5.49. The Bertz CT molecular complexity index is 377. The van der Waals surface area contributed by atoms with Crippen molar-refractivity contribution in [2.24, 2.45) is 0 Å². The zero-order valence-corrected chi connectivity index (χ0v) is 12.1. The summed E-state index contributed by atoms with van der Waals surface area (Å²) in [6.07, 6.45) is 2.19. The lowest BCUT2D eigenvalue weighted by atomic mass is 10.1. The van der Waals surface area contributed by atoms with Crippen LogP contribution >= 0.6 is 0 Å². The lowest BCUT2D eigenvalue weighted by Gasteiger charge is -2.24. The van der Waals surface area contributed by atoms with Gasteiger partial charge >= 0.3 is 0 Å². The Morgan fingerprint density at radius 1 is 1.25 bits per heavy atom. The largest absolute Gasteiger partial charge is 0.396 e. The van der Waals surface area contributed by atoms with E-state index in [1.807, 2.05) is 43.3 Å². The number of rotatable bonds is 9. The first kappa shape index (κ1) is 16.9. The Morgan fingerprint density at radius 3 is 2.55 bits per heavy atom. The third-order valence-electron chi connectivity index (χ3n) is 2.85. The van der Waals surface area contributed by atoms with Crippen molar-refractivity contribution in [1.82, 2.24) is 0 Å². The van der Waals surface area contributed by atoms with Crippen molar-refractivity contribution in [3.8, 4) is 0 Å². The van der Waals surface area contributed by atoms with E-state index < -0.39 is 18.5 Å². The minimum Gasteiger partial charge on any atom is -0.396 e. The van der Waals surface area contributed by atoms with Gasteiger partial charge < -0.3 is 19.7 Å². The molecule has 2 unspecified atom stereocenters. The average molecular weight is 280 g/mol. The van der Waals surface area contributed by atoms with E-state index >= 15 is 0 Å². The van der Waals surface area contributed by atoms with Crippen LogP contribution in [0.25, 0.3) is 6.08 Å². The van der Waals surface area contributed by atoms with Crippen LogP contribution in [-0.4, -0.2) is 41.9 Å². The molecule has 20 heavy (non-hydrogen) atoms. The third-order valence-corrected chi connectivity index (χ3v) is 2.85. The number of hydrogen-bond donors (Lipinski definition) is 2. The summed E-state index contributed by atoms with van der Waals surface area (Å²) in [4.78, 5) is 0. The molecule has 1 aromatic rings. The zero-order chi connectivity index (χ0) is 14.8. The lowest BCUT2D eigenvalue weighted by molar-refractivity contribution is -0.178. The van der Waals surface area contributed by atoms with Crippen LogP contribution in [0.3, 0.4) is 0 Å². The Labute approximate surface area is 120 Å². The molecule has 0 bridgehead atoms. The molecule has 0 aliphatic rings. The Morgan fingerprint density at radius 2 is 1.95 bits per heavy atom. The van der Waals surface area contributed by atoms with Crippen LogP contribution in [0.15, 0.2) is 36.4 Å². The first-order chi connectivity index (χ1) is 9.67. The number of aliphatic hydroxyl groups is 2. The molecular formula is C16H24O4. The van der Waals surface area contributed by atoms with Gasteiger partial charge in [0.1, 0.15) is 0 Å². The van der Waals surface area contributed by atoms with Crippen molar-refractivity contribution in [3.05, 3.63) is 42.0 Å². The van der Waals surface area contributed by atoms with E-state index in [1.165, 1.54) is 0 Å². The Kier molecular flexibility index (Phi) is 8.14. The minimum atomic E-state index is -0.787. The van der Waals surface area contributed by atoms with Gasteiger partial charge in [-0.25, -0.2) is 0 Å². The maximum absolute atomic E-state index is 10.1. The minimum absolute atomic E-state index is 0.0419. The van der Waals surface area contributed by atoms with Crippen molar-refractivity contribution < 1.29 is 19.7 Å². The topological polar surface area (TPSA) is 58.9 Å². The first-order valence-corrected chi connectivity index (χ1v) is 6.96. The molecular weight excluding hydrogens is 256 g/mol. The highest BCUT2D eigenvalue weighted by atomic mass is 16.7. The lowest BCUT2D eigenvalue weighted by Crippen LogP contribution is -2.32. The smallest absolute Gasteiger partial charge is 0.155 e. The van der Waals surface area contributed by atoms with Crippen molar-refractivity contribution >= 4 is 6.08 Å². The van der Waals surface area contributed by atoms with Gasteiger partial charge in [0.25, 0.3) is 0 Å². The molecule has 0 heterocycles. The van der Waals surface area contributed by atoms with Crippen molar-refractivity contribution in [2.75, 3.05) is 13.2 Å². The standard InChI is InChI=1S/C16H24O4/c1-3-19-13(2)20-16(11-12-17)15(18)10-9-14-7-5-4-6-8-14/h4-10,13,15-18H,3,11-12H2,1-2H3/b10-9+/t13?,15?,16-/m0/s1. The number of aliphatic hydroxyl groups excluding tert-OH is 2. The molecule has 4 nitrogen and oxygen atoms in total. The second-order valence-corrected chi connectivity index (χ2v) is 4.47. The van der Waals surface area contributed by atoms with Crippen LogP contribution < -0.4 is 0 Å². The Hall–Kier alpha value is -1.20. The van der Waals surface area contributed by atoms with Gasteiger partial charge in [0.05, 0.1) is 12.2 Å². The first-order valence-electron chi connectivity index (χ1n) is 6.96. The van der Waals surface area contributed by atoms with E-state index in [4.69, 9.17) is 14.6 Å². The van der Waals surface area contributed by atoms with E-state index in [2.05, 4.69) is 0 Å². The summed E-state index contributed by atoms with van der Waals surface area (Å²) in [5.41, 5.74) is 1.01. The predicted octanol–water partition coefficient (Wildman–Crippen LogP) is 2.21. The third kappa shape index (κ3) is 6.30. The molecule has 0 aromatic heterocycles. The highest BCUT2D eigenvalue weighted by Crippen LogP contribution is 2.12. The molecule has 3 atom stereocenters. The van der Waals surface area contributed by atoms with Crippen molar-refractivity contribution in [1.29, 1.82) is 0 Å². The van der Waals surface area contributed by atoms with Gasteiger partial charge in [-0.3, -0.25) is 0 Å². The molecule has 0 fully saturated rings. The normalized spacial score (nSPS) is 16.2. The van der Waals surface area contributed by atoms with Crippen LogP contribution in [0.2, 0.25) is 0 Å². The summed E-state index contributed by atoms with van der Waals surface area (Å²) in [7, 11) is 0. The predicted molar refractivity (Wildman–Crippen MR) is 79.1 cm³/mol. The summed E-state index contributed by atoms with van der Waals surface area (Å²) < 4.78 is 10.9. The zero-order valence-electron chi connectivity index (χ0n) is 12.1. The summed E-state index contributed by atoms with van der Waals surface area (Å²) >= 11 is 0. The van der Waals surface area contributed by atoms with Crippen LogP contribution in [0.1, 0.15) is 25.8 Å². The number of ether oxygens (including phenoxy) is 2. The van der Waals surface area contributed by atoms with Gasteiger partial charge in [0.15, 0.2) is 6.29 Å². The second kappa shape index (κ2) is 9.66. The van der Waals surface area contributed by atoms with E-state index in [0.717, 1.165) is 5.56 Å². The van der Waals surface area contributed by atoms with Gasteiger partial charge in [-0.15, -0.1) is 0 Å². The van der Waals surface area contributed by atoms with Crippen molar-refractivity contribution in [3.63, 3.8) is 0 Å².